The summed E-state index contributed by atoms with van der Waals surface area (Å²) >= 11 is 0. The number of likely N-dealkylation sites (N-methyl/N-ethyl adjacent to an activating group) is 1. The lowest BCUT2D eigenvalue weighted by Gasteiger charge is -2.18. The molecular weight excluding hydrogens is 398 g/mol. The number of hydrogen-bond donors (Lipinski definition) is 1. The molecule has 3 nitrogen and oxygen atoms in total. The maximum Gasteiger partial charge on any atom is 0.123 e. The van der Waals surface area contributed by atoms with Crippen LogP contribution in [0.5, 0.6) is 5.75 Å². The fourth-order valence-corrected chi connectivity index (χ4v) is 3.34. The van der Waals surface area contributed by atoms with E-state index in [1.54, 1.807) is 6.07 Å². The highest BCUT2D eigenvalue weighted by molar-refractivity contribution is 5.85. The molecule has 2 aromatic carbocycles. The van der Waals surface area contributed by atoms with Gasteiger partial charge in [-0.2, -0.15) is 0 Å². The van der Waals surface area contributed by atoms with Gasteiger partial charge in [0, 0.05) is 25.0 Å². The molecule has 3 rings (SSSR count). The highest BCUT2D eigenvalue weighted by atomic mass is 35.5. The molecule has 0 aliphatic heterocycles. The molecule has 1 N–H and O–H groups in total. The van der Waals surface area contributed by atoms with Crippen molar-refractivity contribution >= 4 is 24.8 Å². The van der Waals surface area contributed by atoms with Gasteiger partial charge in [0.1, 0.15) is 18.2 Å². The summed E-state index contributed by atoms with van der Waals surface area (Å²) in [5, 5.41) is 3.66. The molecule has 0 heterocycles. The summed E-state index contributed by atoms with van der Waals surface area (Å²) in [6, 6.07) is 15.5. The standard InChI is InChI=1S/C22H29FN2O.2ClH/c1-3-25(4-2)13-12-24-22-15-21(22)18-8-10-20(11-9-18)26-16-17-6-5-7-19(23)14-17;;/h5-11,14,21-22,24H,3-4,12-13,15-16H2,1-2H3;2*1H/t21?,22-;;/m0../s1. The van der Waals surface area contributed by atoms with Crippen LogP contribution in [0.4, 0.5) is 4.39 Å². The molecule has 0 radical (unpaired) electrons. The third-order valence-corrected chi connectivity index (χ3v) is 5.12. The van der Waals surface area contributed by atoms with Crippen LogP contribution in [0.2, 0.25) is 0 Å². The van der Waals surface area contributed by atoms with Crippen LogP contribution in [-0.4, -0.2) is 37.1 Å². The molecule has 0 aromatic heterocycles. The van der Waals surface area contributed by atoms with E-state index in [0.717, 1.165) is 37.5 Å². The van der Waals surface area contributed by atoms with Gasteiger partial charge in [-0.25, -0.2) is 4.39 Å². The summed E-state index contributed by atoms with van der Waals surface area (Å²) in [6.07, 6.45) is 1.21. The van der Waals surface area contributed by atoms with Gasteiger partial charge in [0.2, 0.25) is 0 Å². The van der Waals surface area contributed by atoms with Crippen molar-refractivity contribution in [2.24, 2.45) is 0 Å². The molecule has 0 saturated heterocycles. The molecule has 1 aliphatic rings. The first-order valence-corrected chi connectivity index (χ1v) is 9.62. The number of benzene rings is 2. The maximum absolute atomic E-state index is 13.2. The van der Waals surface area contributed by atoms with E-state index in [9.17, 15) is 4.39 Å². The zero-order chi connectivity index (χ0) is 18.4. The molecule has 1 saturated carbocycles. The van der Waals surface area contributed by atoms with Crippen LogP contribution >= 0.6 is 24.8 Å². The minimum absolute atomic E-state index is 0. The predicted octanol–water partition coefficient (Wildman–Crippen LogP) is 5.04. The number of nitrogens with one attached hydrogen (secondary N) is 1. The Bertz CT molecular complexity index is 695. The van der Waals surface area contributed by atoms with Crippen LogP contribution < -0.4 is 10.1 Å². The van der Waals surface area contributed by atoms with Gasteiger partial charge in [-0.3, -0.25) is 0 Å². The van der Waals surface area contributed by atoms with E-state index in [0.29, 0.717) is 18.6 Å². The highest BCUT2D eigenvalue weighted by Crippen LogP contribution is 2.41. The summed E-state index contributed by atoms with van der Waals surface area (Å²) in [5.74, 6) is 1.21. The van der Waals surface area contributed by atoms with Crippen molar-refractivity contribution in [2.75, 3.05) is 26.2 Å². The molecule has 1 aliphatic carbocycles. The van der Waals surface area contributed by atoms with E-state index in [1.165, 1.54) is 24.1 Å². The third kappa shape index (κ3) is 7.25. The molecule has 2 aromatic rings. The Kier molecular flexibility index (Phi) is 10.8. The maximum atomic E-state index is 13.2. The second-order valence-corrected chi connectivity index (χ2v) is 6.92. The average Bonchev–Trinajstić information content (AvgIpc) is 3.44. The minimum atomic E-state index is -0.227. The predicted molar refractivity (Wildman–Crippen MR) is 119 cm³/mol. The first-order chi connectivity index (χ1) is 12.7. The topological polar surface area (TPSA) is 24.5 Å². The zero-order valence-corrected chi connectivity index (χ0v) is 18.2. The lowest BCUT2D eigenvalue weighted by molar-refractivity contribution is 0.302. The van der Waals surface area contributed by atoms with E-state index in [1.807, 2.05) is 18.2 Å². The molecule has 1 fully saturated rings. The van der Waals surface area contributed by atoms with E-state index < -0.39 is 0 Å². The zero-order valence-electron chi connectivity index (χ0n) is 16.6. The van der Waals surface area contributed by atoms with Gasteiger partial charge in [-0.05, 0) is 54.9 Å². The van der Waals surface area contributed by atoms with E-state index in [-0.39, 0.29) is 30.6 Å². The Morgan fingerprint density at radius 3 is 2.43 bits per heavy atom. The van der Waals surface area contributed by atoms with Crippen molar-refractivity contribution in [1.29, 1.82) is 0 Å². The highest BCUT2D eigenvalue weighted by Gasteiger charge is 2.37. The normalized spacial score (nSPS) is 17.6. The van der Waals surface area contributed by atoms with Crippen molar-refractivity contribution in [3.05, 3.63) is 65.5 Å². The fourth-order valence-electron chi connectivity index (χ4n) is 3.34. The molecular formula is C22H31Cl2FN2O. The van der Waals surface area contributed by atoms with Crippen LogP contribution in [0.1, 0.15) is 37.3 Å². The van der Waals surface area contributed by atoms with Crippen LogP contribution in [0.25, 0.3) is 0 Å². The molecule has 0 spiro atoms. The number of hydrogen-bond acceptors (Lipinski definition) is 3. The van der Waals surface area contributed by atoms with E-state index >= 15 is 0 Å². The van der Waals surface area contributed by atoms with Gasteiger partial charge >= 0.3 is 0 Å². The second-order valence-electron chi connectivity index (χ2n) is 6.92. The van der Waals surface area contributed by atoms with Crippen LogP contribution in [-0.2, 0) is 6.61 Å². The van der Waals surface area contributed by atoms with Crippen molar-refractivity contribution in [2.45, 2.75) is 38.8 Å². The van der Waals surface area contributed by atoms with Crippen molar-refractivity contribution < 1.29 is 9.13 Å². The first kappa shape index (κ1) is 24.7. The van der Waals surface area contributed by atoms with Gasteiger partial charge in [0.25, 0.3) is 0 Å². The van der Waals surface area contributed by atoms with Crippen LogP contribution in [0.3, 0.4) is 0 Å². The Balaban J connectivity index is 0.00000196. The Morgan fingerprint density at radius 1 is 1.07 bits per heavy atom. The molecule has 2 atom stereocenters. The monoisotopic (exact) mass is 428 g/mol. The number of halogens is 3. The summed E-state index contributed by atoms with van der Waals surface area (Å²) in [7, 11) is 0. The van der Waals surface area contributed by atoms with Crippen molar-refractivity contribution in [1.82, 2.24) is 10.2 Å². The summed E-state index contributed by atoms with van der Waals surface area (Å²) in [5.41, 5.74) is 2.21. The molecule has 6 heteroatoms. The summed E-state index contributed by atoms with van der Waals surface area (Å²) < 4.78 is 18.9. The first-order valence-electron chi connectivity index (χ1n) is 9.62. The smallest absolute Gasteiger partial charge is 0.123 e. The van der Waals surface area contributed by atoms with Crippen LogP contribution in [0, 0.1) is 5.82 Å². The largest absolute Gasteiger partial charge is 0.489 e. The molecule has 156 valence electrons. The van der Waals surface area contributed by atoms with Gasteiger partial charge in [-0.1, -0.05) is 38.1 Å². The number of ether oxygens (including phenoxy) is 1. The number of nitrogens with zero attached hydrogens (tertiary/aromatic N) is 1. The quantitative estimate of drug-likeness (QED) is 0.573. The van der Waals surface area contributed by atoms with Gasteiger partial charge < -0.3 is 15.0 Å². The average molecular weight is 429 g/mol. The van der Waals surface area contributed by atoms with Crippen LogP contribution in [0.15, 0.2) is 48.5 Å². The molecule has 28 heavy (non-hydrogen) atoms. The Morgan fingerprint density at radius 2 is 1.79 bits per heavy atom. The van der Waals surface area contributed by atoms with Gasteiger partial charge in [0.05, 0.1) is 0 Å². The van der Waals surface area contributed by atoms with E-state index in [4.69, 9.17) is 4.74 Å². The van der Waals surface area contributed by atoms with Crippen molar-refractivity contribution in [3.63, 3.8) is 0 Å². The molecule has 0 amide bonds. The fraction of sp³-hybridized carbons (Fsp3) is 0.455. The van der Waals surface area contributed by atoms with E-state index in [2.05, 4.69) is 36.2 Å². The number of rotatable bonds is 10. The van der Waals surface area contributed by atoms with Gasteiger partial charge in [-0.15, -0.1) is 24.8 Å². The summed E-state index contributed by atoms with van der Waals surface area (Å²) in [4.78, 5) is 2.44. The van der Waals surface area contributed by atoms with Crippen molar-refractivity contribution in [3.8, 4) is 5.75 Å². The second kappa shape index (κ2) is 12.3. The summed E-state index contributed by atoms with van der Waals surface area (Å²) in [6.45, 7) is 9.20. The minimum Gasteiger partial charge on any atom is -0.489 e. The lowest BCUT2D eigenvalue weighted by Crippen LogP contribution is -2.33. The Labute approximate surface area is 180 Å². The molecule has 0 bridgehead atoms. The molecule has 1 unspecified atom stereocenters. The van der Waals surface area contributed by atoms with Gasteiger partial charge in [0.15, 0.2) is 0 Å². The third-order valence-electron chi connectivity index (χ3n) is 5.12. The SMILES string of the molecule is CCN(CC)CCN[C@H]1CC1c1ccc(OCc2cccc(F)c2)cc1.Cl.Cl. The lowest BCUT2D eigenvalue weighted by atomic mass is 10.1. The Hall–Kier alpha value is -1.33.